The van der Waals surface area contributed by atoms with Gasteiger partial charge >= 0.3 is 0 Å². The van der Waals surface area contributed by atoms with Crippen LogP contribution >= 0.6 is 11.8 Å². The van der Waals surface area contributed by atoms with E-state index in [9.17, 15) is 9.18 Å². The third-order valence-electron chi connectivity index (χ3n) is 4.07. The van der Waals surface area contributed by atoms with Gasteiger partial charge in [0.1, 0.15) is 5.82 Å². The molecule has 1 fully saturated rings. The summed E-state index contributed by atoms with van der Waals surface area (Å²) in [6.45, 7) is 2.92. The van der Waals surface area contributed by atoms with Gasteiger partial charge in [-0.3, -0.25) is 4.79 Å². The molecular formula is C18H20FN3OS. The second kappa shape index (κ2) is 7.57. The molecule has 0 bridgehead atoms. The number of hydrogen-bond donors (Lipinski definition) is 1. The smallest absolute Gasteiger partial charge is 0.233 e. The number of amides is 1. The molecule has 0 unspecified atom stereocenters. The number of nitrogen functional groups attached to an aromatic ring is 1. The number of halogens is 1. The molecule has 1 amide bonds. The minimum atomic E-state index is -0.229. The monoisotopic (exact) mass is 345 g/mol. The minimum absolute atomic E-state index is 0.149. The first-order valence-electron chi connectivity index (χ1n) is 7.88. The number of nitrogens with zero attached hydrogens (tertiary/aromatic N) is 2. The molecule has 0 aliphatic carbocycles. The van der Waals surface area contributed by atoms with Gasteiger partial charge in [0.2, 0.25) is 5.91 Å². The van der Waals surface area contributed by atoms with Crippen molar-refractivity contribution in [3.8, 4) is 0 Å². The largest absolute Gasteiger partial charge is 0.399 e. The number of anilines is 2. The summed E-state index contributed by atoms with van der Waals surface area (Å²) in [4.78, 5) is 17.5. The molecule has 1 saturated heterocycles. The maximum absolute atomic E-state index is 13.0. The van der Waals surface area contributed by atoms with Crippen LogP contribution in [-0.2, 0) is 4.79 Å². The number of thioether (sulfide) groups is 1. The van der Waals surface area contributed by atoms with Gasteiger partial charge in [-0.05, 0) is 48.5 Å². The van der Waals surface area contributed by atoms with E-state index in [1.54, 1.807) is 12.1 Å². The Hall–Kier alpha value is -2.21. The summed E-state index contributed by atoms with van der Waals surface area (Å²) in [5.74, 6) is 0.350. The van der Waals surface area contributed by atoms with Crippen molar-refractivity contribution in [2.45, 2.75) is 4.90 Å². The highest BCUT2D eigenvalue weighted by Crippen LogP contribution is 2.21. The lowest BCUT2D eigenvalue weighted by Gasteiger charge is -2.36. The number of benzene rings is 2. The first-order valence-corrected chi connectivity index (χ1v) is 8.87. The molecule has 2 N–H and O–H groups in total. The summed E-state index contributed by atoms with van der Waals surface area (Å²) in [7, 11) is 0. The Morgan fingerprint density at radius 1 is 1.00 bits per heavy atom. The van der Waals surface area contributed by atoms with Crippen molar-refractivity contribution < 1.29 is 9.18 Å². The molecule has 1 aliphatic heterocycles. The van der Waals surface area contributed by atoms with E-state index in [2.05, 4.69) is 4.90 Å². The van der Waals surface area contributed by atoms with Gasteiger partial charge in [0.05, 0.1) is 5.75 Å². The quantitative estimate of drug-likeness (QED) is 0.684. The molecule has 4 nitrogen and oxygen atoms in total. The van der Waals surface area contributed by atoms with Gasteiger partial charge < -0.3 is 15.5 Å². The van der Waals surface area contributed by atoms with Gasteiger partial charge in [-0.15, -0.1) is 11.8 Å². The Bertz CT molecular complexity index is 682. The SMILES string of the molecule is Nc1ccc(SCC(=O)N2CCN(c3ccc(F)cc3)CC2)cc1. The average Bonchev–Trinajstić information content (AvgIpc) is 2.62. The third kappa shape index (κ3) is 4.20. The molecule has 1 heterocycles. The molecule has 126 valence electrons. The average molecular weight is 345 g/mol. The molecule has 0 spiro atoms. The zero-order valence-electron chi connectivity index (χ0n) is 13.3. The Kier molecular flexibility index (Phi) is 5.25. The van der Waals surface area contributed by atoms with E-state index in [4.69, 9.17) is 5.73 Å². The standard InChI is InChI=1S/C18H20FN3OS/c19-14-1-5-16(6-2-14)21-9-11-22(12-10-21)18(23)13-24-17-7-3-15(20)4-8-17/h1-8H,9-13,20H2. The first kappa shape index (κ1) is 16.6. The van der Waals surface area contributed by atoms with Gasteiger partial charge in [0, 0.05) is 42.4 Å². The van der Waals surface area contributed by atoms with Crippen molar-refractivity contribution in [2.75, 3.05) is 42.6 Å². The summed E-state index contributed by atoms with van der Waals surface area (Å²) >= 11 is 1.53. The molecule has 0 saturated carbocycles. The zero-order chi connectivity index (χ0) is 16.9. The molecule has 0 aromatic heterocycles. The highest BCUT2D eigenvalue weighted by Gasteiger charge is 2.21. The second-order valence-electron chi connectivity index (χ2n) is 5.70. The number of nitrogens with two attached hydrogens (primary N) is 1. The van der Waals surface area contributed by atoms with E-state index >= 15 is 0 Å². The first-order chi connectivity index (χ1) is 11.6. The van der Waals surface area contributed by atoms with E-state index in [0.29, 0.717) is 18.8 Å². The summed E-state index contributed by atoms with van der Waals surface area (Å²) in [5, 5.41) is 0. The van der Waals surface area contributed by atoms with Crippen molar-refractivity contribution >= 4 is 29.0 Å². The van der Waals surface area contributed by atoms with E-state index in [1.165, 1.54) is 23.9 Å². The predicted molar refractivity (Wildman–Crippen MR) is 96.8 cm³/mol. The molecule has 3 rings (SSSR count). The van der Waals surface area contributed by atoms with Gasteiger partial charge in [-0.1, -0.05) is 0 Å². The van der Waals surface area contributed by atoms with Crippen molar-refractivity contribution in [2.24, 2.45) is 0 Å². The van der Waals surface area contributed by atoms with Gasteiger partial charge in [-0.2, -0.15) is 0 Å². The number of hydrogen-bond acceptors (Lipinski definition) is 4. The van der Waals surface area contributed by atoms with Crippen LogP contribution in [0.2, 0.25) is 0 Å². The Morgan fingerprint density at radius 3 is 2.25 bits per heavy atom. The Balaban J connectivity index is 1.48. The zero-order valence-corrected chi connectivity index (χ0v) is 14.1. The fourth-order valence-electron chi connectivity index (χ4n) is 2.67. The number of carbonyl (C=O) groups is 1. The molecule has 24 heavy (non-hydrogen) atoms. The van der Waals surface area contributed by atoms with Gasteiger partial charge in [0.15, 0.2) is 0 Å². The number of rotatable bonds is 4. The van der Waals surface area contributed by atoms with Crippen LogP contribution in [0, 0.1) is 5.82 Å². The predicted octanol–water partition coefficient (Wildman–Crippen LogP) is 2.85. The maximum Gasteiger partial charge on any atom is 0.233 e. The molecule has 2 aromatic rings. The van der Waals surface area contributed by atoms with E-state index in [-0.39, 0.29) is 11.7 Å². The topological polar surface area (TPSA) is 49.6 Å². The van der Waals surface area contributed by atoms with Crippen LogP contribution < -0.4 is 10.6 Å². The van der Waals surface area contributed by atoms with Crippen LogP contribution in [0.4, 0.5) is 15.8 Å². The maximum atomic E-state index is 13.0. The normalized spacial score (nSPS) is 14.7. The van der Waals surface area contributed by atoms with E-state index < -0.39 is 0 Å². The fraction of sp³-hybridized carbons (Fsp3) is 0.278. The van der Waals surface area contributed by atoms with E-state index in [0.717, 1.165) is 29.4 Å². The Morgan fingerprint density at radius 2 is 1.62 bits per heavy atom. The van der Waals surface area contributed by atoms with Crippen LogP contribution in [-0.4, -0.2) is 42.7 Å². The molecule has 2 aromatic carbocycles. The Labute approximate surface area is 145 Å². The van der Waals surface area contributed by atoms with Crippen LogP contribution in [0.3, 0.4) is 0 Å². The van der Waals surface area contributed by atoms with Gasteiger partial charge in [-0.25, -0.2) is 4.39 Å². The van der Waals surface area contributed by atoms with Crippen molar-refractivity contribution in [3.63, 3.8) is 0 Å². The van der Waals surface area contributed by atoms with Crippen LogP contribution in [0.1, 0.15) is 0 Å². The minimum Gasteiger partial charge on any atom is -0.399 e. The second-order valence-corrected chi connectivity index (χ2v) is 6.75. The number of piperazine rings is 1. The highest BCUT2D eigenvalue weighted by atomic mass is 32.2. The summed E-state index contributed by atoms with van der Waals surface area (Å²) < 4.78 is 13.0. The molecule has 6 heteroatoms. The molecule has 0 atom stereocenters. The van der Waals surface area contributed by atoms with Gasteiger partial charge in [0.25, 0.3) is 0 Å². The lowest BCUT2D eigenvalue weighted by molar-refractivity contribution is -0.128. The van der Waals surface area contributed by atoms with Crippen molar-refractivity contribution in [1.82, 2.24) is 4.90 Å². The number of carbonyl (C=O) groups excluding carboxylic acids is 1. The van der Waals surface area contributed by atoms with Crippen molar-refractivity contribution in [3.05, 3.63) is 54.3 Å². The molecular weight excluding hydrogens is 325 g/mol. The summed E-state index contributed by atoms with van der Waals surface area (Å²) in [5.41, 5.74) is 7.38. The third-order valence-corrected chi connectivity index (χ3v) is 5.06. The molecule has 1 aliphatic rings. The fourth-order valence-corrected chi connectivity index (χ4v) is 3.47. The lowest BCUT2D eigenvalue weighted by Crippen LogP contribution is -2.49. The molecule has 0 radical (unpaired) electrons. The summed E-state index contributed by atoms with van der Waals surface area (Å²) in [6.07, 6.45) is 0. The summed E-state index contributed by atoms with van der Waals surface area (Å²) in [6, 6.07) is 14.0. The highest BCUT2D eigenvalue weighted by molar-refractivity contribution is 8.00. The van der Waals surface area contributed by atoms with E-state index in [1.807, 2.05) is 29.2 Å². The lowest BCUT2D eigenvalue weighted by atomic mass is 10.2. The van der Waals surface area contributed by atoms with Crippen LogP contribution in [0.15, 0.2) is 53.4 Å². The van der Waals surface area contributed by atoms with Crippen molar-refractivity contribution in [1.29, 1.82) is 0 Å². The van der Waals surface area contributed by atoms with Crippen LogP contribution in [0.5, 0.6) is 0 Å². The van der Waals surface area contributed by atoms with Crippen LogP contribution in [0.25, 0.3) is 0 Å².